The summed E-state index contributed by atoms with van der Waals surface area (Å²) < 4.78 is 15.4. The summed E-state index contributed by atoms with van der Waals surface area (Å²) in [5.41, 5.74) is 0.489. The van der Waals surface area contributed by atoms with E-state index >= 15 is 0 Å². The highest BCUT2D eigenvalue weighted by atomic mass is 16.5. The zero-order valence-corrected chi connectivity index (χ0v) is 10.1. The third kappa shape index (κ3) is 2.90. The average molecular weight is 236 g/mol. The number of rotatable bonds is 5. The summed E-state index contributed by atoms with van der Waals surface area (Å²) in [6, 6.07) is 5.01. The van der Waals surface area contributed by atoms with E-state index in [0.717, 1.165) is 0 Å². The molecule has 4 heteroatoms. The number of carbonyl (C=O) groups is 1. The summed E-state index contributed by atoms with van der Waals surface area (Å²) in [5, 5.41) is 0. The lowest BCUT2D eigenvalue weighted by atomic mass is 10.2. The quantitative estimate of drug-likeness (QED) is 0.736. The Kier molecular flexibility index (Phi) is 3.52. The lowest BCUT2D eigenvalue weighted by molar-refractivity contribution is 0.0485. The van der Waals surface area contributed by atoms with Crippen molar-refractivity contribution >= 4 is 5.97 Å². The molecule has 0 N–H and O–H groups in total. The molecule has 0 spiro atoms. The monoisotopic (exact) mass is 236 g/mol. The molecule has 17 heavy (non-hydrogen) atoms. The standard InChI is InChI=1S/C13H16O4/c1-15-11-6-5-10(7-12(11)16-2)13(14)17-8-9-3-4-9/h5-7,9H,3-4,8H2,1-2H3. The first-order chi connectivity index (χ1) is 8.24. The van der Waals surface area contributed by atoms with Gasteiger partial charge in [-0.3, -0.25) is 0 Å². The van der Waals surface area contributed by atoms with Gasteiger partial charge in [0, 0.05) is 0 Å². The van der Waals surface area contributed by atoms with Gasteiger partial charge in [-0.05, 0) is 37.0 Å². The summed E-state index contributed by atoms with van der Waals surface area (Å²) in [6.07, 6.45) is 2.33. The number of hydrogen-bond donors (Lipinski definition) is 0. The van der Waals surface area contributed by atoms with E-state index in [9.17, 15) is 4.79 Å². The molecule has 0 amide bonds. The fourth-order valence-corrected chi connectivity index (χ4v) is 1.52. The minimum Gasteiger partial charge on any atom is -0.493 e. The second-order valence-corrected chi connectivity index (χ2v) is 4.11. The van der Waals surface area contributed by atoms with Crippen molar-refractivity contribution in [1.29, 1.82) is 0 Å². The zero-order valence-electron chi connectivity index (χ0n) is 10.1. The number of ether oxygens (including phenoxy) is 3. The van der Waals surface area contributed by atoms with Crippen LogP contribution in [0.2, 0.25) is 0 Å². The Labute approximate surface area is 100 Å². The Balaban J connectivity index is 2.05. The van der Waals surface area contributed by atoms with Crippen molar-refractivity contribution < 1.29 is 19.0 Å². The minimum atomic E-state index is -0.308. The predicted molar refractivity (Wildman–Crippen MR) is 62.6 cm³/mol. The Hall–Kier alpha value is -1.71. The lowest BCUT2D eigenvalue weighted by Crippen LogP contribution is -2.07. The smallest absolute Gasteiger partial charge is 0.338 e. The van der Waals surface area contributed by atoms with Crippen LogP contribution >= 0.6 is 0 Å². The van der Waals surface area contributed by atoms with Crippen LogP contribution in [0.4, 0.5) is 0 Å². The normalized spacial score (nSPS) is 14.2. The fourth-order valence-electron chi connectivity index (χ4n) is 1.52. The van der Waals surface area contributed by atoms with E-state index in [1.807, 2.05) is 0 Å². The van der Waals surface area contributed by atoms with Crippen molar-refractivity contribution in [3.05, 3.63) is 23.8 Å². The number of methoxy groups -OCH3 is 2. The Bertz CT molecular complexity index is 410. The van der Waals surface area contributed by atoms with Crippen LogP contribution in [0.5, 0.6) is 11.5 Å². The van der Waals surface area contributed by atoms with Gasteiger partial charge in [-0.15, -0.1) is 0 Å². The van der Waals surface area contributed by atoms with E-state index in [2.05, 4.69) is 0 Å². The SMILES string of the molecule is COc1ccc(C(=O)OCC2CC2)cc1OC. The van der Waals surface area contributed by atoms with Crippen LogP contribution in [0.25, 0.3) is 0 Å². The van der Waals surface area contributed by atoms with Gasteiger partial charge in [-0.1, -0.05) is 0 Å². The molecule has 0 aliphatic heterocycles. The molecule has 0 heterocycles. The first-order valence-electron chi connectivity index (χ1n) is 5.63. The maximum absolute atomic E-state index is 11.7. The van der Waals surface area contributed by atoms with Crippen LogP contribution in [0.1, 0.15) is 23.2 Å². The van der Waals surface area contributed by atoms with Crippen LogP contribution in [-0.4, -0.2) is 26.8 Å². The molecule has 92 valence electrons. The van der Waals surface area contributed by atoms with Crippen LogP contribution in [0.15, 0.2) is 18.2 Å². The zero-order chi connectivity index (χ0) is 12.3. The first kappa shape index (κ1) is 11.8. The molecule has 0 bridgehead atoms. The van der Waals surface area contributed by atoms with E-state index < -0.39 is 0 Å². The molecule has 0 atom stereocenters. The molecule has 4 nitrogen and oxygen atoms in total. The Morgan fingerprint density at radius 2 is 1.94 bits per heavy atom. The molecule has 0 saturated heterocycles. The molecule has 1 aliphatic carbocycles. The first-order valence-corrected chi connectivity index (χ1v) is 5.63. The lowest BCUT2D eigenvalue weighted by Gasteiger charge is -2.09. The molecular formula is C13H16O4. The maximum atomic E-state index is 11.7. The van der Waals surface area contributed by atoms with Crippen LogP contribution < -0.4 is 9.47 Å². The highest BCUT2D eigenvalue weighted by molar-refractivity contribution is 5.90. The van der Waals surface area contributed by atoms with Gasteiger partial charge in [0.2, 0.25) is 0 Å². The number of esters is 1. The number of benzene rings is 1. The molecular weight excluding hydrogens is 220 g/mol. The predicted octanol–water partition coefficient (Wildman–Crippen LogP) is 2.27. The van der Waals surface area contributed by atoms with Crippen LogP contribution in [0.3, 0.4) is 0 Å². The summed E-state index contributed by atoms with van der Waals surface area (Å²) in [6.45, 7) is 0.521. The molecule has 0 unspecified atom stereocenters. The number of carbonyl (C=O) groups excluding carboxylic acids is 1. The molecule has 1 aromatic rings. The van der Waals surface area contributed by atoms with Gasteiger partial charge in [-0.25, -0.2) is 4.79 Å². The summed E-state index contributed by atoms with van der Waals surface area (Å²) >= 11 is 0. The Morgan fingerprint density at radius 1 is 1.24 bits per heavy atom. The van der Waals surface area contributed by atoms with Crippen molar-refractivity contribution in [2.45, 2.75) is 12.8 Å². The Morgan fingerprint density at radius 3 is 2.53 bits per heavy atom. The summed E-state index contributed by atoms with van der Waals surface area (Å²) in [7, 11) is 3.10. The topological polar surface area (TPSA) is 44.8 Å². The van der Waals surface area contributed by atoms with Gasteiger partial charge >= 0.3 is 5.97 Å². The van der Waals surface area contributed by atoms with E-state index in [4.69, 9.17) is 14.2 Å². The van der Waals surface area contributed by atoms with E-state index in [1.54, 1.807) is 25.3 Å². The van der Waals surface area contributed by atoms with Gasteiger partial charge < -0.3 is 14.2 Å². The van der Waals surface area contributed by atoms with E-state index in [-0.39, 0.29) is 5.97 Å². The molecule has 1 saturated carbocycles. The van der Waals surface area contributed by atoms with E-state index in [0.29, 0.717) is 29.6 Å². The molecule has 2 rings (SSSR count). The second-order valence-electron chi connectivity index (χ2n) is 4.11. The van der Waals surface area contributed by atoms with Crippen molar-refractivity contribution in [2.75, 3.05) is 20.8 Å². The van der Waals surface area contributed by atoms with Crippen molar-refractivity contribution in [3.8, 4) is 11.5 Å². The summed E-state index contributed by atoms with van der Waals surface area (Å²) in [5.74, 6) is 1.40. The van der Waals surface area contributed by atoms with Gasteiger partial charge in [0.15, 0.2) is 11.5 Å². The summed E-state index contributed by atoms with van der Waals surface area (Å²) in [4.78, 5) is 11.7. The van der Waals surface area contributed by atoms with E-state index in [1.165, 1.54) is 20.0 Å². The largest absolute Gasteiger partial charge is 0.493 e. The van der Waals surface area contributed by atoms with Crippen LogP contribution in [-0.2, 0) is 4.74 Å². The van der Waals surface area contributed by atoms with Crippen molar-refractivity contribution in [2.24, 2.45) is 5.92 Å². The molecule has 1 aliphatic rings. The van der Waals surface area contributed by atoms with Gasteiger partial charge in [0.25, 0.3) is 0 Å². The van der Waals surface area contributed by atoms with Gasteiger partial charge in [0.1, 0.15) is 0 Å². The fraction of sp³-hybridized carbons (Fsp3) is 0.462. The third-order valence-corrected chi connectivity index (χ3v) is 2.77. The van der Waals surface area contributed by atoms with Gasteiger partial charge in [0.05, 0.1) is 26.4 Å². The third-order valence-electron chi connectivity index (χ3n) is 2.77. The highest BCUT2D eigenvalue weighted by Gasteiger charge is 2.23. The van der Waals surface area contributed by atoms with Gasteiger partial charge in [-0.2, -0.15) is 0 Å². The maximum Gasteiger partial charge on any atom is 0.338 e. The molecule has 1 fully saturated rings. The highest BCUT2D eigenvalue weighted by Crippen LogP contribution is 2.30. The number of hydrogen-bond acceptors (Lipinski definition) is 4. The average Bonchev–Trinajstić information content (AvgIpc) is 3.19. The minimum absolute atomic E-state index is 0.308. The van der Waals surface area contributed by atoms with Crippen LogP contribution in [0, 0.1) is 5.92 Å². The molecule has 0 aromatic heterocycles. The second kappa shape index (κ2) is 5.08. The molecule has 0 radical (unpaired) electrons. The van der Waals surface area contributed by atoms with Crippen molar-refractivity contribution in [1.82, 2.24) is 0 Å². The van der Waals surface area contributed by atoms with Crippen molar-refractivity contribution in [3.63, 3.8) is 0 Å². The molecule has 1 aromatic carbocycles.